The van der Waals surface area contributed by atoms with Crippen LogP contribution in [0.15, 0.2) is 116 Å². The molecule has 2 aliphatic rings. The molecule has 476 valence electrons. The molecular formula is C56H60Cl2F6N8O15S. The summed E-state index contributed by atoms with van der Waals surface area (Å²) in [5.74, 6) is -2.54. The lowest BCUT2D eigenvalue weighted by molar-refractivity contribution is -0.275. The molecule has 2 fully saturated rings. The summed E-state index contributed by atoms with van der Waals surface area (Å²) in [5, 5.41) is 1.02. The van der Waals surface area contributed by atoms with Crippen molar-refractivity contribution in [1.29, 1.82) is 0 Å². The van der Waals surface area contributed by atoms with Gasteiger partial charge in [0.2, 0.25) is 0 Å². The number of hydrogen-bond donors (Lipinski definition) is 1. The lowest BCUT2D eigenvalue weighted by Crippen LogP contribution is -2.42. The zero-order chi connectivity index (χ0) is 63.1. The van der Waals surface area contributed by atoms with Gasteiger partial charge < -0.3 is 37.9 Å². The Kier molecular flexibility index (Phi) is 21.7. The highest BCUT2D eigenvalue weighted by Crippen LogP contribution is 2.34. The quantitative estimate of drug-likeness (QED) is 0.0584. The Morgan fingerprint density at radius 3 is 1.47 bits per heavy atom. The van der Waals surface area contributed by atoms with Crippen LogP contribution >= 0.6 is 23.2 Å². The number of ether oxygens (including phenoxy) is 8. The van der Waals surface area contributed by atoms with Gasteiger partial charge in [-0.15, -0.1) is 26.3 Å². The number of aromatic nitrogens is 8. The number of nitrogens with one attached hydrogen (secondary N) is 1. The van der Waals surface area contributed by atoms with Crippen LogP contribution in [-0.2, 0) is 67.0 Å². The van der Waals surface area contributed by atoms with E-state index in [1.165, 1.54) is 52.1 Å². The van der Waals surface area contributed by atoms with E-state index in [-0.39, 0.29) is 85.9 Å². The van der Waals surface area contributed by atoms with Gasteiger partial charge in [-0.05, 0) is 72.5 Å². The molecule has 0 atom stereocenters. The van der Waals surface area contributed by atoms with Gasteiger partial charge in [0, 0.05) is 55.7 Å². The third-order valence-electron chi connectivity index (χ3n) is 13.4. The Labute approximate surface area is 507 Å². The maximum atomic E-state index is 13.8. The van der Waals surface area contributed by atoms with Crippen LogP contribution in [0.4, 0.5) is 26.3 Å². The fourth-order valence-electron chi connectivity index (χ4n) is 9.11. The van der Waals surface area contributed by atoms with E-state index in [0.717, 1.165) is 50.8 Å². The first-order valence-corrected chi connectivity index (χ1v) is 29.0. The number of aryl methyl sites for hydroxylation is 2. The van der Waals surface area contributed by atoms with Gasteiger partial charge in [0.25, 0.3) is 21.2 Å². The van der Waals surface area contributed by atoms with E-state index in [4.69, 9.17) is 51.6 Å². The molecule has 23 nitrogen and oxygen atoms in total. The monoisotopic (exact) mass is 1300 g/mol. The second-order valence-corrected chi connectivity index (χ2v) is 21.9. The Hall–Kier alpha value is -7.71. The number of rotatable bonds is 19. The normalized spacial score (nSPS) is 14.6. The zero-order valence-corrected chi connectivity index (χ0v) is 49.2. The minimum Gasteiger partial charge on any atom is -0.425 e. The van der Waals surface area contributed by atoms with Gasteiger partial charge in [-0.1, -0.05) is 80.9 Å². The van der Waals surface area contributed by atoms with Crippen LogP contribution in [0.1, 0.15) is 58.1 Å². The minimum atomic E-state index is -4.89. The molecule has 88 heavy (non-hydrogen) atoms. The van der Waals surface area contributed by atoms with Crippen molar-refractivity contribution in [2.75, 3.05) is 39.3 Å². The van der Waals surface area contributed by atoms with Crippen LogP contribution in [0.5, 0.6) is 35.0 Å². The van der Waals surface area contributed by atoms with Gasteiger partial charge in [-0.2, -0.15) is 18.4 Å². The summed E-state index contributed by atoms with van der Waals surface area (Å²) in [4.78, 5) is 62.5. The van der Waals surface area contributed by atoms with Crippen molar-refractivity contribution in [2.24, 2.45) is 14.1 Å². The number of nitrogens with zero attached hydrogens (tertiary/aromatic N) is 7. The molecule has 2 saturated heterocycles. The van der Waals surface area contributed by atoms with Crippen LogP contribution in [-0.4, -0.2) is 110 Å². The first-order chi connectivity index (χ1) is 41.1. The summed E-state index contributed by atoms with van der Waals surface area (Å²) in [7, 11) is -0.471. The summed E-state index contributed by atoms with van der Waals surface area (Å²) in [6, 6.07) is 23.2. The topological polar surface area (TPSA) is 252 Å². The Morgan fingerprint density at radius 2 is 1.03 bits per heavy atom. The van der Waals surface area contributed by atoms with E-state index in [1.807, 2.05) is 13.8 Å². The summed E-state index contributed by atoms with van der Waals surface area (Å²) < 4.78 is 150. The SMILES string of the molecule is C.CCC1(CCOS(C)(=O)=O)OCCO1.CCC1(CCn2c(=O)c3c(nc(Oc4cccc(OC(F)(F)F)c4)n3Cc3ccc(Cl)cc3)n(C)c2=O)OCCO1.Cn1c(=O)[nH]c(=O)c2c1nc(Oc1cccc(OC(F)(F)F)c1)n2Cc1ccc(Cl)cc1. The third-order valence-corrected chi connectivity index (χ3v) is 14.5. The highest BCUT2D eigenvalue weighted by atomic mass is 35.5. The molecule has 0 unspecified atom stereocenters. The van der Waals surface area contributed by atoms with Gasteiger partial charge in [-0.25, -0.2) is 9.59 Å². The standard InChI is InChI=1S/C27H26ClF3N4O6.C20H14ClF3N4O4.C8H16O5S.CH4/c1-3-26(38-13-14-39-26)11-12-34-23(36)21-22(33(2)25(34)37)32-24(35(21)16-17-7-9-18(28)10-8-17)40-19-5-4-6-20(15-19)41-27(29,30)31;1-27-16-15(17(29)26-18(27)30)28(10-11-5-7-12(21)8-6-11)19(25-16)31-13-3-2-4-14(9-13)32-20(22,23)24;1-3-8(11-6-7-12-8)4-5-13-14(2,9)10;/h4-10,15H,3,11-14,16H2,1-2H3;2-9H,10H2,1H3,(H,26,29,30);3-7H2,1-2H3;1H4. The number of aromatic amines is 1. The molecule has 32 heteroatoms. The van der Waals surface area contributed by atoms with Crippen LogP contribution in [0.3, 0.4) is 0 Å². The summed E-state index contributed by atoms with van der Waals surface area (Å²) in [6.07, 6.45) is -6.79. The molecule has 0 spiro atoms. The van der Waals surface area contributed by atoms with Gasteiger partial charge in [-0.3, -0.25) is 41.6 Å². The molecule has 8 aromatic rings. The smallest absolute Gasteiger partial charge is 0.425 e. The number of alkyl halides is 6. The molecule has 4 aromatic carbocycles. The van der Waals surface area contributed by atoms with Crippen molar-refractivity contribution in [3.63, 3.8) is 0 Å². The van der Waals surface area contributed by atoms with E-state index >= 15 is 0 Å². The van der Waals surface area contributed by atoms with Crippen LogP contribution < -0.4 is 41.4 Å². The van der Waals surface area contributed by atoms with Crippen molar-refractivity contribution >= 4 is 55.6 Å². The number of H-pyrrole nitrogens is 1. The summed E-state index contributed by atoms with van der Waals surface area (Å²) in [5.41, 5.74) is -0.900. The van der Waals surface area contributed by atoms with Gasteiger partial charge >= 0.3 is 36.1 Å². The number of fused-ring (bicyclic) bond motifs is 2. The first-order valence-electron chi connectivity index (χ1n) is 26.4. The molecule has 2 aliphatic heterocycles. The molecule has 0 bridgehead atoms. The lowest BCUT2D eigenvalue weighted by Gasteiger charge is -2.26. The Morgan fingerprint density at radius 1 is 0.614 bits per heavy atom. The van der Waals surface area contributed by atoms with Crippen molar-refractivity contribution in [1.82, 2.24) is 37.8 Å². The Bertz CT molecular complexity index is 4080. The van der Waals surface area contributed by atoms with E-state index in [9.17, 15) is 53.9 Å². The predicted molar refractivity (Wildman–Crippen MR) is 309 cm³/mol. The average molecular weight is 1300 g/mol. The van der Waals surface area contributed by atoms with Crippen molar-refractivity contribution in [2.45, 2.75) is 90.9 Å². The van der Waals surface area contributed by atoms with Crippen molar-refractivity contribution < 1.29 is 76.8 Å². The highest BCUT2D eigenvalue weighted by molar-refractivity contribution is 7.85. The molecule has 0 amide bonds. The maximum Gasteiger partial charge on any atom is 0.573 e. The van der Waals surface area contributed by atoms with Gasteiger partial charge in [0.1, 0.15) is 23.0 Å². The van der Waals surface area contributed by atoms with Crippen LogP contribution in [0, 0.1) is 0 Å². The van der Waals surface area contributed by atoms with Gasteiger partial charge in [0.15, 0.2) is 33.9 Å². The number of benzene rings is 4. The highest BCUT2D eigenvalue weighted by Gasteiger charge is 2.37. The lowest BCUT2D eigenvalue weighted by atomic mass is 10.1. The summed E-state index contributed by atoms with van der Waals surface area (Å²) in [6.45, 7) is 6.12. The minimum absolute atomic E-state index is 0. The molecule has 0 radical (unpaired) electrons. The molecule has 0 aliphatic carbocycles. The number of hydrogen-bond acceptors (Lipinski definition) is 17. The average Bonchev–Trinajstić information content (AvgIpc) is 1.73. The molecule has 1 N–H and O–H groups in total. The molecule has 0 saturated carbocycles. The third kappa shape index (κ3) is 17.3. The molecule has 6 heterocycles. The number of halogens is 8. The van der Waals surface area contributed by atoms with Crippen molar-refractivity contribution in [3.05, 3.63) is 160 Å². The molecule has 4 aromatic heterocycles. The fourth-order valence-corrected chi connectivity index (χ4v) is 9.75. The first kappa shape index (κ1) is 67.8. The molecule has 10 rings (SSSR count). The van der Waals surface area contributed by atoms with E-state index in [1.54, 1.807) is 48.5 Å². The second kappa shape index (κ2) is 28.2. The van der Waals surface area contributed by atoms with E-state index < -0.39 is 68.4 Å². The fraction of sp³-hybridized carbons (Fsp3) is 0.393. The molecular weight excluding hydrogens is 1240 g/mol. The largest absolute Gasteiger partial charge is 0.573 e. The van der Waals surface area contributed by atoms with E-state index in [2.05, 4.69) is 28.6 Å². The zero-order valence-electron chi connectivity index (χ0n) is 46.9. The van der Waals surface area contributed by atoms with Crippen molar-refractivity contribution in [3.8, 4) is 35.0 Å². The predicted octanol–water partition coefficient (Wildman–Crippen LogP) is 9.79. The maximum absolute atomic E-state index is 13.8. The van der Waals surface area contributed by atoms with E-state index in [0.29, 0.717) is 55.7 Å². The van der Waals surface area contributed by atoms with Crippen LogP contribution in [0.25, 0.3) is 22.3 Å². The van der Waals surface area contributed by atoms with Crippen LogP contribution in [0.2, 0.25) is 10.0 Å². The van der Waals surface area contributed by atoms with Gasteiger partial charge in [0.05, 0.1) is 52.4 Å². The second-order valence-electron chi connectivity index (χ2n) is 19.4. The summed E-state index contributed by atoms with van der Waals surface area (Å²) >= 11 is 12.0. The number of imidazole rings is 2. The Balaban J connectivity index is 0.000000208.